The number of rotatable bonds is 7. The van der Waals surface area contributed by atoms with Crippen LogP contribution in [0.3, 0.4) is 0 Å². The number of aromatic nitrogens is 1. The Balaban J connectivity index is 1.53. The van der Waals surface area contributed by atoms with E-state index in [4.69, 9.17) is 14.2 Å². The molecule has 1 atom stereocenters. The van der Waals surface area contributed by atoms with Crippen LogP contribution in [0.1, 0.15) is 69.5 Å². The summed E-state index contributed by atoms with van der Waals surface area (Å²) < 4.78 is 19.5. The number of nitriles is 1. The van der Waals surface area contributed by atoms with Crippen LogP contribution >= 0.6 is 0 Å². The van der Waals surface area contributed by atoms with Crippen LogP contribution in [0.4, 0.5) is 10.5 Å². The molecule has 2 aliphatic rings. The van der Waals surface area contributed by atoms with Gasteiger partial charge in [-0.15, -0.1) is 0 Å². The first-order chi connectivity index (χ1) is 18.0. The Hall–Kier alpha value is -3.50. The molecule has 1 saturated carbocycles. The van der Waals surface area contributed by atoms with Gasteiger partial charge in [0.1, 0.15) is 24.0 Å². The Morgan fingerprint density at radius 3 is 2.62 bits per heavy atom. The van der Waals surface area contributed by atoms with Gasteiger partial charge in [-0.05, 0) is 69.4 Å². The quantitative estimate of drug-likeness (QED) is 0.373. The standard InChI is InChI=1S/C30H35N3O4/c1-4-20(3)36-30(34)32-21-8-10-25(19(2)16-21)29-27(18-31)26-11-9-24(37-23-12-14-35-15-13-23)17-28(26)33(29)22-6-5-7-22/h8-11,16-17,20,22-23H,4-7,12-15H2,1-3H3,(H,32,34)/t20-/m0/s1. The molecule has 1 aliphatic carbocycles. The molecule has 2 fully saturated rings. The number of hydrogen-bond donors (Lipinski definition) is 1. The van der Waals surface area contributed by atoms with Crippen LogP contribution in [0.25, 0.3) is 22.2 Å². The number of amides is 1. The first-order valence-corrected chi connectivity index (χ1v) is 13.4. The Bertz CT molecular complexity index is 1330. The van der Waals surface area contributed by atoms with E-state index >= 15 is 0 Å². The molecule has 1 N–H and O–H groups in total. The van der Waals surface area contributed by atoms with Gasteiger partial charge in [0.2, 0.25) is 0 Å². The first-order valence-electron chi connectivity index (χ1n) is 13.4. The molecule has 37 heavy (non-hydrogen) atoms. The van der Waals surface area contributed by atoms with Gasteiger partial charge in [0.15, 0.2) is 0 Å². The number of nitrogens with zero attached hydrogens (tertiary/aromatic N) is 2. The molecule has 3 aromatic rings. The molecule has 0 spiro atoms. The zero-order valence-electron chi connectivity index (χ0n) is 21.9. The lowest BCUT2D eigenvalue weighted by molar-refractivity contribution is 0.0256. The number of carbonyl (C=O) groups excluding carboxylic acids is 1. The van der Waals surface area contributed by atoms with Crippen LogP contribution in [0.15, 0.2) is 36.4 Å². The zero-order valence-corrected chi connectivity index (χ0v) is 21.9. The number of ether oxygens (including phenoxy) is 3. The molecule has 7 nitrogen and oxygen atoms in total. The number of benzene rings is 2. The SMILES string of the molecule is CC[C@H](C)OC(=O)Nc1ccc(-c2c(C#N)c3ccc(OC4CCOCC4)cc3n2C2CCC2)c(C)c1. The molecule has 0 unspecified atom stereocenters. The number of carbonyl (C=O) groups is 1. The number of nitrogens with one attached hydrogen (secondary N) is 1. The molecule has 194 valence electrons. The monoisotopic (exact) mass is 501 g/mol. The molecule has 1 aromatic heterocycles. The molecule has 2 aromatic carbocycles. The minimum absolute atomic E-state index is 0.142. The van der Waals surface area contributed by atoms with E-state index < -0.39 is 6.09 Å². The Morgan fingerprint density at radius 2 is 1.97 bits per heavy atom. The highest BCUT2D eigenvalue weighted by molar-refractivity contribution is 5.96. The van der Waals surface area contributed by atoms with E-state index in [2.05, 4.69) is 22.0 Å². The molecule has 7 heteroatoms. The minimum Gasteiger partial charge on any atom is -0.490 e. The van der Waals surface area contributed by atoms with Crippen LogP contribution in [-0.4, -0.2) is 36.1 Å². The van der Waals surface area contributed by atoms with Crippen LogP contribution < -0.4 is 10.1 Å². The van der Waals surface area contributed by atoms with Crippen molar-refractivity contribution >= 4 is 22.7 Å². The Morgan fingerprint density at radius 1 is 1.19 bits per heavy atom. The summed E-state index contributed by atoms with van der Waals surface area (Å²) in [5.74, 6) is 0.838. The van der Waals surface area contributed by atoms with Crippen molar-refractivity contribution in [2.45, 2.75) is 77.5 Å². The molecule has 5 rings (SSSR count). The predicted molar refractivity (Wildman–Crippen MR) is 144 cm³/mol. The maximum Gasteiger partial charge on any atom is 0.411 e. The lowest BCUT2D eigenvalue weighted by Crippen LogP contribution is -2.25. The second-order valence-electron chi connectivity index (χ2n) is 10.2. The zero-order chi connectivity index (χ0) is 25.9. The third-order valence-corrected chi connectivity index (χ3v) is 7.61. The molecule has 1 amide bonds. The summed E-state index contributed by atoms with van der Waals surface area (Å²) in [5.41, 5.74) is 5.31. The number of hydrogen-bond acceptors (Lipinski definition) is 5. The highest BCUT2D eigenvalue weighted by Crippen LogP contribution is 2.44. The topological polar surface area (TPSA) is 85.5 Å². The third-order valence-electron chi connectivity index (χ3n) is 7.61. The summed E-state index contributed by atoms with van der Waals surface area (Å²) in [5, 5.41) is 14.1. The average molecular weight is 502 g/mol. The Kier molecular flexibility index (Phi) is 7.38. The fourth-order valence-electron chi connectivity index (χ4n) is 5.17. The Labute approximate surface area is 218 Å². The lowest BCUT2D eigenvalue weighted by atomic mass is 9.91. The van der Waals surface area contributed by atoms with Crippen LogP contribution in [0.2, 0.25) is 0 Å². The predicted octanol–water partition coefficient (Wildman–Crippen LogP) is 7.12. The van der Waals surface area contributed by atoms with E-state index in [0.29, 0.717) is 17.3 Å². The highest BCUT2D eigenvalue weighted by atomic mass is 16.6. The van der Waals surface area contributed by atoms with Gasteiger partial charge >= 0.3 is 6.09 Å². The molecular formula is C30H35N3O4. The van der Waals surface area contributed by atoms with Gasteiger partial charge in [0.05, 0.1) is 30.0 Å². The summed E-state index contributed by atoms with van der Waals surface area (Å²) in [4.78, 5) is 12.2. The summed E-state index contributed by atoms with van der Waals surface area (Å²) in [6.07, 6.45) is 5.46. The molecule has 0 bridgehead atoms. The molecule has 1 saturated heterocycles. The van der Waals surface area contributed by atoms with Crippen molar-refractivity contribution in [2.24, 2.45) is 0 Å². The van der Waals surface area contributed by atoms with Gasteiger partial charge < -0.3 is 18.8 Å². The molecule has 0 radical (unpaired) electrons. The van der Waals surface area contributed by atoms with Crippen molar-refractivity contribution in [1.82, 2.24) is 4.57 Å². The van der Waals surface area contributed by atoms with E-state index in [-0.39, 0.29) is 12.2 Å². The van der Waals surface area contributed by atoms with Crippen molar-refractivity contribution in [1.29, 1.82) is 5.26 Å². The first kappa shape index (κ1) is 25.2. The fourth-order valence-corrected chi connectivity index (χ4v) is 5.17. The average Bonchev–Trinajstić information content (AvgIpc) is 3.16. The van der Waals surface area contributed by atoms with Crippen molar-refractivity contribution in [3.63, 3.8) is 0 Å². The van der Waals surface area contributed by atoms with Gasteiger partial charge in [0.25, 0.3) is 0 Å². The van der Waals surface area contributed by atoms with Gasteiger partial charge in [0, 0.05) is 41.6 Å². The van der Waals surface area contributed by atoms with Gasteiger partial charge in [-0.25, -0.2) is 4.79 Å². The summed E-state index contributed by atoms with van der Waals surface area (Å²) in [6.45, 7) is 7.33. The van der Waals surface area contributed by atoms with E-state index in [1.807, 2.05) is 51.1 Å². The number of anilines is 1. The van der Waals surface area contributed by atoms with Gasteiger partial charge in [-0.2, -0.15) is 5.26 Å². The summed E-state index contributed by atoms with van der Waals surface area (Å²) in [7, 11) is 0. The summed E-state index contributed by atoms with van der Waals surface area (Å²) in [6, 6.07) is 14.8. The van der Waals surface area contributed by atoms with Crippen LogP contribution in [0, 0.1) is 18.3 Å². The van der Waals surface area contributed by atoms with Gasteiger partial charge in [-0.1, -0.05) is 13.0 Å². The number of aryl methyl sites for hydroxylation is 1. The van der Waals surface area contributed by atoms with Crippen molar-refractivity contribution in [2.75, 3.05) is 18.5 Å². The van der Waals surface area contributed by atoms with E-state index in [1.165, 1.54) is 6.42 Å². The van der Waals surface area contributed by atoms with Crippen LogP contribution in [0.5, 0.6) is 5.75 Å². The van der Waals surface area contributed by atoms with Crippen molar-refractivity contribution in [3.05, 3.63) is 47.5 Å². The highest BCUT2D eigenvalue weighted by Gasteiger charge is 2.29. The largest absolute Gasteiger partial charge is 0.490 e. The normalized spacial score (nSPS) is 17.1. The molecular weight excluding hydrogens is 466 g/mol. The lowest BCUT2D eigenvalue weighted by Gasteiger charge is -2.30. The van der Waals surface area contributed by atoms with E-state index in [0.717, 1.165) is 78.8 Å². The fraction of sp³-hybridized carbons (Fsp3) is 0.467. The second-order valence-corrected chi connectivity index (χ2v) is 10.2. The van der Waals surface area contributed by atoms with Crippen LogP contribution in [-0.2, 0) is 9.47 Å². The third kappa shape index (κ3) is 5.17. The van der Waals surface area contributed by atoms with Crippen molar-refractivity contribution < 1.29 is 19.0 Å². The molecule has 2 heterocycles. The minimum atomic E-state index is -0.458. The van der Waals surface area contributed by atoms with Gasteiger partial charge in [-0.3, -0.25) is 5.32 Å². The summed E-state index contributed by atoms with van der Waals surface area (Å²) >= 11 is 0. The second kappa shape index (κ2) is 10.9. The smallest absolute Gasteiger partial charge is 0.411 e. The van der Waals surface area contributed by atoms with Crippen molar-refractivity contribution in [3.8, 4) is 23.1 Å². The molecule has 1 aliphatic heterocycles. The van der Waals surface area contributed by atoms with E-state index in [1.54, 1.807) is 0 Å². The van der Waals surface area contributed by atoms with E-state index in [9.17, 15) is 10.1 Å². The number of fused-ring (bicyclic) bond motifs is 1. The maximum atomic E-state index is 12.2. The maximum absolute atomic E-state index is 12.2.